The predicted octanol–water partition coefficient (Wildman–Crippen LogP) is 3.82. The van der Waals surface area contributed by atoms with E-state index in [1.54, 1.807) is 12.1 Å². The molecule has 0 unspecified atom stereocenters. The molecule has 2 aromatic rings. The molecule has 0 fully saturated rings. The molecule has 0 aromatic heterocycles. The van der Waals surface area contributed by atoms with Gasteiger partial charge in [-0.1, -0.05) is 35.3 Å². The number of nitrogens with one attached hydrogen (secondary N) is 2. The van der Waals surface area contributed by atoms with Crippen molar-refractivity contribution in [2.45, 2.75) is 12.8 Å². The molecule has 0 atom stereocenters. The van der Waals surface area contributed by atoms with Crippen LogP contribution < -0.4 is 10.6 Å². The van der Waals surface area contributed by atoms with Crippen LogP contribution >= 0.6 is 23.2 Å². The molecular weight excluding hydrogens is 354 g/mol. The number of amides is 2. The van der Waals surface area contributed by atoms with Gasteiger partial charge >= 0.3 is 0 Å². The average molecular weight is 369 g/mol. The maximum atomic E-state index is 13.0. The van der Waals surface area contributed by atoms with Gasteiger partial charge in [-0.3, -0.25) is 9.59 Å². The number of rotatable bonds is 6. The summed E-state index contributed by atoms with van der Waals surface area (Å²) < 4.78 is 13.0. The molecule has 2 amide bonds. The second-order valence-corrected chi connectivity index (χ2v) is 5.93. The standard InChI is InChI=1S/C17H15Cl2FN2O2/c18-12-3-1-2-11(8-12)4-7-16(23)21-10-17(24)22-13-5-6-15(20)14(19)9-13/h1-3,5-6,8-9H,4,7,10H2,(H,21,23)(H,22,24). The Morgan fingerprint density at radius 2 is 1.83 bits per heavy atom. The van der Waals surface area contributed by atoms with Crippen molar-refractivity contribution >= 4 is 40.7 Å². The molecular formula is C17H15Cl2FN2O2. The first kappa shape index (κ1) is 18.2. The van der Waals surface area contributed by atoms with E-state index in [1.807, 2.05) is 12.1 Å². The fraction of sp³-hybridized carbons (Fsp3) is 0.176. The van der Waals surface area contributed by atoms with Crippen molar-refractivity contribution < 1.29 is 14.0 Å². The first-order chi connectivity index (χ1) is 11.4. The van der Waals surface area contributed by atoms with Crippen LogP contribution in [0, 0.1) is 5.82 Å². The number of halogens is 3. The highest BCUT2D eigenvalue weighted by molar-refractivity contribution is 6.31. The molecule has 2 N–H and O–H groups in total. The van der Waals surface area contributed by atoms with Crippen LogP contribution in [0.4, 0.5) is 10.1 Å². The van der Waals surface area contributed by atoms with Gasteiger partial charge in [0.05, 0.1) is 11.6 Å². The lowest BCUT2D eigenvalue weighted by molar-refractivity contribution is -0.124. The van der Waals surface area contributed by atoms with Crippen molar-refractivity contribution in [2.75, 3.05) is 11.9 Å². The largest absolute Gasteiger partial charge is 0.347 e. The van der Waals surface area contributed by atoms with Crippen molar-refractivity contribution in [1.29, 1.82) is 0 Å². The lowest BCUT2D eigenvalue weighted by atomic mass is 10.1. The van der Waals surface area contributed by atoms with Crippen LogP contribution in [0.25, 0.3) is 0 Å². The van der Waals surface area contributed by atoms with E-state index in [1.165, 1.54) is 12.1 Å². The lowest BCUT2D eigenvalue weighted by Crippen LogP contribution is -2.32. The minimum atomic E-state index is -0.566. The molecule has 0 heterocycles. The van der Waals surface area contributed by atoms with Crippen LogP contribution in [0.2, 0.25) is 10.0 Å². The molecule has 24 heavy (non-hydrogen) atoms. The Bertz CT molecular complexity index is 753. The Balaban J connectivity index is 1.74. The lowest BCUT2D eigenvalue weighted by Gasteiger charge is -2.08. The van der Waals surface area contributed by atoms with Gasteiger partial charge in [-0.2, -0.15) is 0 Å². The summed E-state index contributed by atoms with van der Waals surface area (Å²) in [7, 11) is 0. The third-order valence-corrected chi connectivity index (χ3v) is 3.70. The molecule has 0 aliphatic heterocycles. The minimum absolute atomic E-state index is 0.0849. The summed E-state index contributed by atoms with van der Waals surface area (Å²) in [5.74, 6) is -1.24. The van der Waals surface area contributed by atoms with Gasteiger partial charge in [0, 0.05) is 17.1 Å². The summed E-state index contributed by atoms with van der Waals surface area (Å²) >= 11 is 11.5. The normalized spacial score (nSPS) is 10.3. The van der Waals surface area contributed by atoms with E-state index < -0.39 is 11.7 Å². The first-order valence-electron chi connectivity index (χ1n) is 7.20. The van der Waals surface area contributed by atoms with Gasteiger partial charge in [-0.15, -0.1) is 0 Å². The molecule has 0 saturated carbocycles. The van der Waals surface area contributed by atoms with Gasteiger partial charge in [0.25, 0.3) is 0 Å². The van der Waals surface area contributed by atoms with Crippen LogP contribution in [0.5, 0.6) is 0 Å². The molecule has 0 bridgehead atoms. The van der Waals surface area contributed by atoms with Gasteiger partial charge in [0.1, 0.15) is 5.82 Å². The van der Waals surface area contributed by atoms with Crippen LogP contribution in [-0.2, 0) is 16.0 Å². The number of hydrogen-bond donors (Lipinski definition) is 2. The Morgan fingerprint density at radius 1 is 1.04 bits per heavy atom. The van der Waals surface area contributed by atoms with Gasteiger partial charge in [-0.25, -0.2) is 4.39 Å². The molecule has 0 aliphatic rings. The summed E-state index contributed by atoms with van der Waals surface area (Å²) in [5.41, 5.74) is 1.31. The van der Waals surface area contributed by atoms with Gasteiger partial charge in [0.15, 0.2) is 0 Å². The van der Waals surface area contributed by atoms with E-state index in [2.05, 4.69) is 10.6 Å². The van der Waals surface area contributed by atoms with E-state index in [0.717, 1.165) is 11.6 Å². The average Bonchev–Trinajstić information content (AvgIpc) is 2.54. The monoisotopic (exact) mass is 368 g/mol. The van der Waals surface area contributed by atoms with Crippen LogP contribution in [0.15, 0.2) is 42.5 Å². The molecule has 0 radical (unpaired) electrons. The molecule has 0 aliphatic carbocycles. The maximum Gasteiger partial charge on any atom is 0.243 e. The SMILES string of the molecule is O=C(CCc1cccc(Cl)c1)NCC(=O)Nc1ccc(F)c(Cl)c1. The third-order valence-electron chi connectivity index (χ3n) is 3.18. The van der Waals surface area contributed by atoms with Gasteiger partial charge in [-0.05, 0) is 42.3 Å². The second kappa shape index (κ2) is 8.66. The van der Waals surface area contributed by atoms with Crippen LogP contribution in [0.1, 0.15) is 12.0 Å². The number of benzene rings is 2. The fourth-order valence-electron chi connectivity index (χ4n) is 2.00. The fourth-order valence-corrected chi connectivity index (χ4v) is 2.39. The first-order valence-corrected chi connectivity index (χ1v) is 7.95. The summed E-state index contributed by atoms with van der Waals surface area (Å²) in [4.78, 5) is 23.5. The number of aryl methyl sites for hydroxylation is 1. The smallest absolute Gasteiger partial charge is 0.243 e. The predicted molar refractivity (Wildman–Crippen MR) is 92.8 cm³/mol. The molecule has 2 rings (SSSR count). The maximum absolute atomic E-state index is 13.0. The molecule has 126 valence electrons. The van der Waals surface area contributed by atoms with E-state index in [0.29, 0.717) is 17.1 Å². The Labute approximate surface area is 149 Å². The zero-order valence-corrected chi connectivity index (χ0v) is 14.1. The summed E-state index contributed by atoms with van der Waals surface area (Å²) in [6.45, 7) is -0.177. The van der Waals surface area contributed by atoms with Crippen molar-refractivity contribution in [1.82, 2.24) is 5.32 Å². The summed E-state index contributed by atoms with van der Waals surface area (Å²) in [5, 5.41) is 5.58. The summed E-state index contributed by atoms with van der Waals surface area (Å²) in [6, 6.07) is 11.1. The summed E-state index contributed by atoms with van der Waals surface area (Å²) in [6.07, 6.45) is 0.775. The molecule has 2 aromatic carbocycles. The van der Waals surface area contributed by atoms with E-state index in [9.17, 15) is 14.0 Å². The van der Waals surface area contributed by atoms with Crippen molar-refractivity contribution in [3.8, 4) is 0 Å². The molecule has 4 nitrogen and oxygen atoms in total. The second-order valence-electron chi connectivity index (χ2n) is 5.08. The van der Waals surface area contributed by atoms with Crippen LogP contribution in [-0.4, -0.2) is 18.4 Å². The zero-order valence-electron chi connectivity index (χ0n) is 12.6. The zero-order chi connectivity index (χ0) is 17.5. The number of anilines is 1. The highest BCUT2D eigenvalue weighted by Gasteiger charge is 2.08. The molecule has 0 saturated heterocycles. The number of hydrogen-bond acceptors (Lipinski definition) is 2. The van der Waals surface area contributed by atoms with E-state index >= 15 is 0 Å². The van der Waals surface area contributed by atoms with Gasteiger partial charge in [0.2, 0.25) is 11.8 Å². The van der Waals surface area contributed by atoms with Gasteiger partial charge < -0.3 is 10.6 Å². The number of carbonyl (C=O) groups excluding carboxylic acids is 2. The molecule has 7 heteroatoms. The highest BCUT2D eigenvalue weighted by Crippen LogP contribution is 2.19. The molecule has 0 spiro atoms. The van der Waals surface area contributed by atoms with E-state index in [-0.39, 0.29) is 23.9 Å². The van der Waals surface area contributed by atoms with Crippen LogP contribution in [0.3, 0.4) is 0 Å². The topological polar surface area (TPSA) is 58.2 Å². The third kappa shape index (κ3) is 5.83. The highest BCUT2D eigenvalue weighted by atomic mass is 35.5. The Kier molecular flexibility index (Phi) is 6.58. The van der Waals surface area contributed by atoms with Crippen molar-refractivity contribution in [2.24, 2.45) is 0 Å². The Hall–Kier alpha value is -2.11. The van der Waals surface area contributed by atoms with Crippen molar-refractivity contribution in [3.05, 3.63) is 63.9 Å². The minimum Gasteiger partial charge on any atom is -0.347 e. The number of carbonyl (C=O) groups is 2. The van der Waals surface area contributed by atoms with E-state index in [4.69, 9.17) is 23.2 Å². The Morgan fingerprint density at radius 3 is 2.54 bits per heavy atom. The van der Waals surface area contributed by atoms with Crippen molar-refractivity contribution in [3.63, 3.8) is 0 Å². The quantitative estimate of drug-likeness (QED) is 0.813.